The first-order chi connectivity index (χ1) is 52.3. The zero-order valence-corrected chi connectivity index (χ0v) is 63.7. The Balaban J connectivity index is 0.857. The Labute approximate surface area is 640 Å². The molecule has 6 aliphatic heterocycles. The molecule has 0 spiro atoms. The molecule has 5 aliphatic carbocycles. The summed E-state index contributed by atoms with van der Waals surface area (Å²) in [6, 6.07) is 3.11. The van der Waals surface area contributed by atoms with Gasteiger partial charge in [-0.3, -0.25) is 9.59 Å². The molecule has 0 bridgehead atoms. The number of hydrogen-bond acceptors (Lipinski definition) is 35. The van der Waals surface area contributed by atoms with Gasteiger partial charge in [0.15, 0.2) is 55.2 Å². The minimum atomic E-state index is -2.31. The molecular formula is C75H112O36. The number of carbonyl (C=O) groups excluding carboxylic acids is 2. The lowest BCUT2D eigenvalue weighted by Crippen LogP contribution is -2.71. The van der Waals surface area contributed by atoms with Crippen molar-refractivity contribution in [2.24, 2.45) is 50.2 Å². The highest BCUT2D eigenvalue weighted by atomic mass is 16.8. The first-order valence-corrected chi connectivity index (χ1v) is 38.0. The number of methoxy groups -OCH3 is 3. The monoisotopic (exact) mass is 1590 g/mol. The summed E-state index contributed by atoms with van der Waals surface area (Å²) < 4.78 is 95.6. The Morgan fingerprint density at radius 1 is 0.559 bits per heavy atom. The molecule has 628 valence electrons. The summed E-state index contributed by atoms with van der Waals surface area (Å²) in [4.78, 5) is 44.3. The highest BCUT2D eigenvalue weighted by Crippen LogP contribution is 2.76. The Kier molecular flexibility index (Phi) is 25.3. The van der Waals surface area contributed by atoms with Crippen molar-refractivity contribution in [3.05, 3.63) is 35.4 Å². The summed E-state index contributed by atoms with van der Waals surface area (Å²) in [5, 5.41) is 191. The van der Waals surface area contributed by atoms with Crippen LogP contribution in [0.25, 0.3) is 6.08 Å². The van der Waals surface area contributed by atoms with Crippen molar-refractivity contribution in [2.45, 2.75) is 278 Å². The lowest BCUT2D eigenvalue weighted by atomic mass is 9.33. The second-order valence-corrected chi connectivity index (χ2v) is 33.7. The van der Waals surface area contributed by atoms with E-state index < -0.39 is 279 Å². The van der Waals surface area contributed by atoms with E-state index in [1.807, 2.05) is 13.0 Å². The van der Waals surface area contributed by atoms with Crippen LogP contribution < -0.4 is 14.2 Å². The van der Waals surface area contributed by atoms with E-state index in [2.05, 4.69) is 20.8 Å². The molecule has 1 aromatic carbocycles. The number of carboxylic acid groups (broad SMARTS) is 1. The normalized spacial score (nSPS) is 48.4. The lowest BCUT2D eigenvalue weighted by molar-refractivity contribution is -0.388. The minimum absolute atomic E-state index is 0.0230. The van der Waals surface area contributed by atoms with E-state index in [-0.39, 0.29) is 49.4 Å². The fourth-order valence-electron chi connectivity index (χ4n) is 20.5. The first-order valence-electron chi connectivity index (χ1n) is 38.0. The third-order valence-electron chi connectivity index (χ3n) is 26.9. The summed E-state index contributed by atoms with van der Waals surface area (Å²) >= 11 is 0. The Hall–Kier alpha value is -4.57. The van der Waals surface area contributed by atoms with Crippen molar-refractivity contribution in [3.8, 4) is 17.2 Å². The van der Waals surface area contributed by atoms with E-state index in [1.165, 1.54) is 48.2 Å². The number of carbonyl (C=O) groups is 3. The van der Waals surface area contributed by atoms with Gasteiger partial charge in [-0.2, -0.15) is 0 Å². The van der Waals surface area contributed by atoms with Gasteiger partial charge < -0.3 is 163 Å². The van der Waals surface area contributed by atoms with Crippen molar-refractivity contribution >= 4 is 24.0 Å². The summed E-state index contributed by atoms with van der Waals surface area (Å²) in [5.41, 5.74) is -7.77. The van der Waals surface area contributed by atoms with E-state index >= 15 is 4.79 Å². The lowest BCUT2D eigenvalue weighted by Gasteiger charge is -2.71. The number of carboxylic acids is 1. The molecule has 36 atom stereocenters. The van der Waals surface area contributed by atoms with E-state index in [9.17, 15) is 96.4 Å². The maximum absolute atomic E-state index is 16.2. The zero-order valence-electron chi connectivity index (χ0n) is 63.7. The largest absolute Gasteiger partial charge is 0.493 e. The first kappa shape index (κ1) is 85.8. The molecule has 10 fully saturated rings. The summed E-state index contributed by atoms with van der Waals surface area (Å²) in [7, 11) is 4.22. The molecule has 11 aliphatic rings. The quantitative estimate of drug-likeness (QED) is 0.0236. The number of rotatable bonds is 22. The highest BCUT2D eigenvalue weighted by molar-refractivity contribution is 5.87. The number of ether oxygens (including phenoxy) is 16. The van der Waals surface area contributed by atoms with Gasteiger partial charge in [-0.25, -0.2) is 4.79 Å². The SMILES string of the molecule is COc1cc(/C=C/C(=O)O[C@@H]2[C@H](O)[C@@H](O[C@@H]3O[C@@H](C)[C@H](O[C@@H]4OC[C@@H](O)[C@H](O[C@@H]5OC[C@@H](O)[C@H](O)[C@H]5O)[C@H]4O)[C@@H](O[C@@H]4OCC(O)(CO)[C@H]4O)[C@H]3O)[C@H](OC(=O)C34CCC(C)(C)CC3C3=CCC5C6(C)CC(O)C(O[C@@H]7O[C@H](CO)[C@@H](O)[C@H](O)[C@H]7O)[C@](C)(C(=O)O)C6CCC5(C)C3(CO)CC4)O[C@@H]2C)cc(OC)c1OC. The third-order valence-corrected chi connectivity index (χ3v) is 26.9. The molecule has 12 rings (SSSR count). The van der Waals surface area contributed by atoms with Crippen molar-refractivity contribution in [2.75, 3.05) is 61.0 Å². The average Bonchev–Trinajstić information content (AvgIpc) is 1.10. The van der Waals surface area contributed by atoms with Crippen LogP contribution in [0.4, 0.5) is 0 Å². The minimum Gasteiger partial charge on any atom is -0.493 e. The Morgan fingerprint density at radius 3 is 1.78 bits per heavy atom. The molecule has 4 saturated carbocycles. The van der Waals surface area contributed by atoms with Gasteiger partial charge in [-0.15, -0.1) is 0 Å². The van der Waals surface area contributed by atoms with Gasteiger partial charge >= 0.3 is 17.9 Å². The van der Waals surface area contributed by atoms with Crippen LogP contribution in [0, 0.1) is 50.2 Å². The van der Waals surface area contributed by atoms with Crippen molar-refractivity contribution in [1.29, 1.82) is 0 Å². The topological polar surface area (TPSA) is 543 Å². The van der Waals surface area contributed by atoms with E-state index in [4.69, 9.17) is 75.8 Å². The molecule has 6 saturated heterocycles. The predicted molar refractivity (Wildman–Crippen MR) is 371 cm³/mol. The van der Waals surface area contributed by atoms with Gasteiger partial charge in [-0.1, -0.05) is 39.3 Å². The van der Waals surface area contributed by atoms with Gasteiger partial charge in [0.1, 0.15) is 103 Å². The standard InChI is InChI=1S/C75H112O36/c1-31-53(105-44(82)14-11-33-21-39(96-8)56(98-10)40(22-33)97-9)50(88)58(109-64-52(90)57(108-66-59(91)75(95,29-78)30-101-66)54(32(2)102-64)106-62-51(89)55(38(81)27-100-62)107-61-48(86)45(83)37(80)26-99-61)65(103-31)111-68(94)73-18-17-69(3,4)23-35(73)34-12-13-42-70(5)24-36(79)60(110-63-49(87)47(85)46(84)41(25-76)104-63)72(7,67(92)93)43(70)15-16-71(42,6)74(34,28-77)20-19-73/h11-12,14,21-22,31-32,35-38,41-43,45-55,57-66,76-81,83-91,95H,13,15-20,23-30H2,1-10H3,(H,92,93)/b14-11+/t31-,32+,35?,36?,37-,38-,41-,42?,43?,45+,46-,47+,48-,49-,50+,51-,52-,53+,54+,55+,57+,58-,59+,60?,61+,62+,63+,64+,65+,66+,70?,71?,72-,73?,74?,75?/m1/s1. The number of hydrogen-bond donors (Lipinski definition) is 17. The number of aliphatic hydroxyl groups excluding tert-OH is 15. The van der Waals surface area contributed by atoms with E-state index in [1.54, 1.807) is 12.1 Å². The van der Waals surface area contributed by atoms with Crippen LogP contribution in [-0.2, 0) is 76.0 Å². The van der Waals surface area contributed by atoms with Crippen molar-refractivity contribution in [3.63, 3.8) is 0 Å². The highest BCUT2D eigenvalue weighted by Gasteiger charge is 2.74. The van der Waals surface area contributed by atoms with E-state index in [0.717, 1.165) is 11.6 Å². The maximum Gasteiger partial charge on any atom is 0.331 e. The number of aliphatic hydroxyl groups is 16. The second-order valence-electron chi connectivity index (χ2n) is 33.7. The molecule has 36 nitrogen and oxygen atoms in total. The fourth-order valence-corrected chi connectivity index (χ4v) is 20.5. The van der Waals surface area contributed by atoms with Crippen LogP contribution in [0.3, 0.4) is 0 Å². The Bertz CT molecular complexity index is 3480. The molecule has 111 heavy (non-hydrogen) atoms. The number of aliphatic carboxylic acids is 1. The smallest absolute Gasteiger partial charge is 0.331 e. The molecule has 1 aromatic rings. The number of allylic oxidation sites excluding steroid dienone is 1. The summed E-state index contributed by atoms with van der Waals surface area (Å²) in [5.74, 6) is -4.19. The van der Waals surface area contributed by atoms with Crippen LogP contribution in [0.2, 0.25) is 0 Å². The second kappa shape index (κ2) is 32.7. The van der Waals surface area contributed by atoms with Crippen LogP contribution in [-0.4, -0.2) is 337 Å². The molecule has 10 unspecified atom stereocenters. The molecule has 0 amide bonds. The zero-order chi connectivity index (χ0) is 80.9. The molecular weight excluding hydrogens is 1480 g/mol. The summed E-state index contributed by atoms with van der Waals surface area (Å²) in [6.07, 6.45) is -41.1. The van der Waals surface area contributed by atoms with Crippen LogP contribution in [0.5, 0.6) is 17.2 Å². The molecule has 36 heteroatoms. The van der Waals surface area contributed by atoms with E-state index in [0.29, 0.717) is 31.2 Å². The predicted octanol–water partition coefficient (Wildman–Crippen LogP) is -3.11. The van der Waals surface area contributed by atoms with Gasteiger partial charge in [0, 0.05) is 11.5 Å². The molecule has 0 radical (unpaired) electrons. The molecule has 17 N–H and O–H groups in total. The van der Waals surface area contributed by atoms with Crippen LogP contribution in [0.15, 0.2) is 29.9 Å². The summed E-state index contributed by atoms with van der Waals surface area (Å²) in [6.45, 7) is 8.42. The van der Waals surface area contributed by atoms with Gasteiger partial charge in [0.05, 0.1) is 90.1 Å². The van der Waals surface area contributed by atoms with Gasteiger partial charge in [0.2, 0.25) is 12.0 Å². The Morgan fingerprint density at radius 2 is 1.15 bits per heavy atom. The third kappa shape index (κ3) is 15.0. The number of esters is 2. The van der Waals surface area contributed by atoms with Gasteiger partial charge in [0.25, 0.3) is 0 Å². The van der Waals surface area contributed by atoms with Crippen molar-refractivity contribution in [1.82, 2.24) is 0 Å². The number of fused-ring (bicyclic) bond motifs is 7. The molecule has 6 heterocycles. The maximum atomic E-state index is 16.2. The number of benzene rings is 1. The molecule has 0 aromatic heterocycles. The average molecular weight is 1590 g/mol. The fraction of sp³-hybridized carbons (Fsp3) is 0.827. The van der Waals surface area contributed by atoms with Crippen molar-refractivity contribution < 1.29 is 177 Å². The van der Waals surface area contributed by atoms with Gasteiger partial charge in [-0.05, 0) is 136 Å². The van der Waals surface area contributed by atoms with Crippen LogP contribution in [0.1, 0.15) is 112 Å². The van der Waals surface area contributed by atoms with Crippen LogP contribution >= 0.6 is 0 Å².